The van der Waals surface area contributed by atoms with Gasteiger partial charge in [0.1, 0.15) is 11.3 Å². The molecule has 0 saturated heterocycles. The number of alkyl halides is 3. The Morgan fingerprint density at radius 1 is 1.29 bits per heavy atom. The minimum Gasteiger partial charge on any atom is -0.477 e. The zero-order valence-electron chi connectivity index (χ0n) is 10.7. The Kier molecular flexibility index (Phi) is 3.54. The van der Waals surface area contributed by atoms with Crippen LogP contribution in [0.15, 0.2) is 35.4 Å². The van der Waals surface area contributed by atoms with Crippen molar-refractivity contribution in [1.29, 1.82) is 0 Å². The maximum Gasteiger partial charge on any atom is 0.433 e. The first kappa shape index (κ1) is 14.8. The van der Waals surface area contributed by atoms with Crippen LogP contribution in [0.4, 0.5) is 13.2 Å². The van der Waals surface area contributed by atoms with E-state index in [1.165, 1.54) is 19.2 Å². The Bertz CT molecular complexity index is 749. The zero-order valence-corrected chi connectivity index (χ0v) is 10.7. The predicted molar refractivity (Wildman–Crippen MR) is 66.5 cm³/mol. The third-order valence-corrected chi connectivity index (χ3v) is 2.83. The molecular weight excluding hydrogens is 289 g/mol. The Morgan fingerprint density at radius 3 is 2.43 bits per heavy atom. The summed E-state index contributed by atoms with van der Waals surface area (Å²) >= 11 is 0. The van der Waals surface area contributed by atoms with Crippen LogP contribution in [-0.4, -0.2) is 20.6 Å². The molecule has 0 bridgehead atoms. The van der Waals surface area contributed by atoms with E-state index in [9.17, 15) is 22.8 Å². The highest BCUT2D eigenvalue weighted by Crippen LogP contribution is 2.27. The molecule has 0 spiro atoms. The first-order valence-corrected chi connectivity index (χ1v) is 5.71. The number of hydrogen-bond donors (Lipinski definition) is 1. The van der Waals surface area contributed by atoms with Crippen LogP contribution in [0.1, 0.15) is 21.6 Å². The highest BCUT2D eigenvalue weighted by Gasteiger charge is 2.32. The van der Waals surface area contributed by atoms with E-state index >= 15 is 0 Å². The van der Waals surface area contributed by atoms with Gasteiger partial charge >= 0.3 is 12.1 Å². The molecule has 0 saturated carbocycles. The van der Waals surface area contributed by atoms with Crippen molar-refractivity contribution in [2.24, 2.45) is 0 Å². The monoisotopic (exact) mass is 298 g/mol. The summed E-state index contributed by atoms with van der Waals surface area (Å²) in [6.07, 6.45) is -2.43. The Morgan fingerprint density at radius 2 is 1.95 bits per heavy atom. The molecule has 8 heteroatoms. The van der Waals surface area contributed by atoms with Gasteiger partial charge in [-0.3, -0.25) is 9.36 Å². The lowest BCUT2D eigenvalue weighted by Crippen LogP contribution is -2.26. The second-order valence-corrected chi connectivity index (χ2v) is 4.25. The van der Waals surface area contributed by atoms with Crippen LogP contribution in [0.2, 0.25) is 0 Å². The van der Waals surface area contributed by atoms with Gasteiger partial charge in [0.25, 0.3) is 5.56 Å². The van der Waals surface area contributed by atoms with Crippen LogP contribution in [0.25, 0.3) is 5.69 Å². The maximum atomic E-state index is 12.4. The molecule has 0 aromatic carbocycles. The normalized spacial score (nSPS) is 11.4. The van der Waals surface area contributed by atoms with Crippen molar-refractivity contribution in [3.8, 4) is 5.69 Å². The van der Waals surface area contributed by atoms with E-state index in [-0.39, 0.29) is 11.3 Å². The first-order valence-electron chi connectivity index (χ1n) is 5.71. The highest BCUT2D eigenvalue weighted by molar-refractivity contribution is 5.88. The van der Waals surface area contributed by atoms with E-state index in [2.05, 4.69) is 4.98 Å². The van der Waals surface area contributed by atoms with Gasteiger partial charge in [-0.1, -0.05) is 0 Å². The number of aryl methyl sites for hydroxylation is 1. The number of nitrogens with zero attached hydrogens (tertiary/aromatic N) is 2. The molecule has 0 aliphatic carbocycles. The van der Waals surface area contributed by atoms with Crippen LogP contribution < -0.4 is 5.56 Å². The average molecular weight is 298 g/mol. The first-order chi connectivity index (χ1) is 9.71. The van der Waals surface area contributed by atoms with E-state index in [4.69, 9.17) is 5.11 Å². The zero-order chi connectivity index (χ0) is 15.8. The summed E-state index contributed by atoms with van der Waals surface area (Å²) in [6.45, 7) is 1.46. The number of carboxylic acid groups (broad SMARTS) is 1. The van der Waals surface area contributed by atoms with E-state index in [1.807, 2.05) is 0 Å². The molecule has 2 heterocycles. The number of carbonyl (C=O) groups is 1. The van der Waals surface area contributed by atoms with Gasteiger partial charge in [-0.05, 0) is 30.7 Å². The minimum absolute atomic E-state index is 0.0514. The minimum atomic E-state index is -4.58. The molecule has 0 fully saturated rings. The fourth-order valence-electron chi connectivity index (χ4n) is 1.79. The molecule has 0 atom stereocenters. The number of aromatic carboxylic acids is 1. The standard InChI is InChI=1S/C13H9F3N2O3/c1-7-4-5-18(11(19)10(7)12(20)21)8-2-3-9(17-6-8)13(14,15)16/h2-6H,1H3,(H,20,21). The number of pyridine rings is 2. The third kappa shape index (κ3) is 2.78. The largest absolute Gasteiger partial charge is 0.477 e. The van der Waals surface area contributed by atoms with Crippen molar-refractivity contribution in [3.63, 3.8) is 0 Å². The summed E-state index contributed by atoms with van der Waals surface area (Å²) in [4.78, 5) is 26.3. The van der Waals surface area contributed by atoms with Gasteiger partial charge < -0.3 is 5.11 Å². The molecule has 0 amide bonds. The molecule has 0 unspecified atom stereocenters. The van der Waals surface area contributed by atoms with Gasteiger partial charge in [0, 0.05) is 6.20 Å². The smallest absolute Gasteiger partial charge is 0.433 e. The van der Waals surface area contributed by atoms with Gasteiger partial charge in [-0.15, -0.1) is 0 Å². The second-order valence-electron chi connectivity index (χ2n) is 4.25. The van der Waals surface area contributed by atoms with Crippen LogP contribution in [0, 0.1) is 6.92 Å². The second kappa shape index (κ2) is 5.04. The van der Waals surface area contributed by atoms with Crippen molar-refractivity contribution in [1.82, 2.24) is 9.55 Å². The van der Waals surface area contributed by atoms with Crippen molar-refractivity contribution < 1.29 is 23.1 Å². The van der Waals surface area contributed by atoms with E-state index in [0.717, 1.165) is 22.9 Å². The predicted octanol–water partition coefficient (Wildman–Crippen LogP) is 2.26. The van der Waals surface area contributed by atoms with Crippen LogP contribution in [-0.2, 0) is 6.18 Å². The molecule has 0 aliphatic rings. The lowest BCUT2D eigenvalue weighted by Gasteiger charge is -2.10. The maximum absolute atomic E-state index is 12.4. The third-order valence-electron chi connectivity index (χ3n) is 2.83. The molecule has 2 rings (SSSR count). The Labute approximate surface area is 116 Å². The SMILES string of the molecule is Cc1ccn(-c2ccc(C(F)(F)F)nc2)c(=O)c1C(=O)O. The number of hydrogen-bond acceptors (Lipinski definition) is 3. The topological polar surface area (TPSA) is 72.2 Å². The van der Waals surface area contributed by atoms with Gasteiger partial charge in [0.2, 0.25) is 0 Å². The molecule has 110 valence electrons. The van der Waals surface area contributed by atoms with Gasteiger partial charge in [0.15, 0.2) is 0 Å². The summed E-state index contributed by atoms with van der Waals surface area (Å²) < 4.78 is 38.2. The van der Waals surface area contributed by atoms with E-state index in [0.29, 0.717) is 0 Å². The fraction of sp³-hybridized carbons (Fsp3) is 0.154. The lowest BCUT2D eigenvalue weighted by molar-refractivity contribution is -0.141. The molecule has 21 heavy (non-hydrogen) atoms. The highest BCUT2D eigenvalue weighted by atomic mass is 19.4. The van der Waals surface area contributed by atoms with Gasteiger partial charge in [-0.2, -0.15) is 13.2 Å². The summed E-state index contributed by atoms with van der Waals surface area (Å²) in [5.74, 6) is -1.40. The summed E-state index contributed by atoms with van der Waals surface area (Å²) in [5.41, 5.74) is -2.04. The number of carboxylic acids is 1. The lowest BCUT2D eigenvalue weighted by atomic mass is 10.1. The average Bonchev–Trinajstić information content (AvgIpc) is 2.37. The molecule has 0 aliphatic heterocycles. The Balaban J connectivity index is 2.56. The fourth-order valence-corrected chi connectivity index (χ4v) is 1.79. The Hall–Kier alpha value is -2.64. The molecule has 1 N–H and O–H groups in total. The molecule has 2 aromatic rings. The summed E-state index contributed by atoms with van der Waals surface area (Å²) in [6, 6.07) is 3.17. The summed E-state index contributed by atoms with van der Waals surface area (Å²) in [5, 5.41) is 8.99. The molecule has 2 aromatic heterocycles. The quantitative estimate of drug-likeness (QED) is 0.923. The van der Waals surface area contributed by atoms with Gasteiger partial charge in [0.05, 0.1) is 11.9 Å². The van der Waals surface area contributed by atoms with E-state index < -0.39 is 29.0 Å². The molecule has 5 nitrogen and oxygen atoms in total. The van der Waals surface area contributed by atoms with Crippen molar-refractivity contribution in [2.45, 2.75) is 13.1 Å². The van der Waals surface area contributed by atoms with Crippen molar-refractivity contribution in [3.05, 3.63) is 57.8 Å². The summed E-state index contributed by atoms with van der Waals surface area (Å²) in [7, 11) is 0. The van der Waals surface area contributed by atoms with Crippen LogP contribution in [0.3, 0.4) is 0 Å². The number of halogens is 3. The van der Waals surface area contributed by atoms with E-state index in [1.54, 1.807) is 0 Å². The van der Waals surface area contributed by atoms with Crippen LogP contribution >= 0.6 is 0 Å². The molecule has 0 radical (unpaired) electrons. The number of rotatable bonds is 2. The van der Waals surface area contributed by atoms with Crippen molar-refractivity contribution in [2.75, 3.05) is 0 Å². The van der Waals surface area contributed by atoms with Gasteiger partial charge in [-0.25, -0.2) is 9.78 Å². The van der Waals surface area contributed by atoms with Crippen molar-refractivity contribution >= 4 is 5.97 Å². The van der Waals surface area contributed by atoms with Crippen LogP contribution in [0.5, 0.6) is 0 Å². The number of aromatic nitrogens is 2. The molecular formula is C13H9F3N2O3.